The number of nitrogens with zero attached hydrogens (tertiary/aromatic N) is 3. The molecule has 34 heavy (non-hydrogen) atoms. The van der Waals surface area contributed by atoms with Gasteiger partial charge >= 0.3 is 0 Å². The second-order valence-corrected chi connectivity index (χ2v) is 9.82. The van der Waals surface area contributed by atoms with E-state index in [1.54, 1.807) is 24.3 Å². The van der Waals surface area contributed by atoms with Gasteiger partial charge in [0.05, 0.1) is 11.0 Å². The molecule has 2 aliphatic rings. The van der Waals surface area contributed by atoms with Crippen molar-refractivity contribution in [3.8, 4) is 0 Å². The zero-order valence-corrected chi connectivity index (χ0v) is 20.3. The van der Waals surface area contributed by atoms with Crippen LogP contribution in [0.25, 0.3) is 11.0 Å². The monoisotopic (exact) mass is 478 g/mol. The number of carbonyl (C=O) groups is 2. The molecule has 0 spiro atoms. The maximum atomic E-state index is 13.5. The fraction of sp³-hybridized carbons (Fsp3) is 0.444. The number of para-hydroxylation sites is 2. The van der Waals surface area contributed by atoms with Crippen LogP contribution in [-0.4, -0.2) is 44.9 Å². The number of aryl methyl sites for hydroxylation is 1. The van der Waals surface area contributed by atoms with Crippen LogP contribution in [0.1, 0.15) is 55.2 Å². The molecule has 5 rings (SSSR count). The minimum atomic E-state index is -0.440. The Morgan fingerprint density at radius 3 is 2.76 bits per heavy atom. The maximum Gasteiger partial charge on any atom is 0.254 e. The fourth-order valence-corrected chi connectivity index (χ4v) is 6.03. The van der Waals surface area contributed by atoms with Gasteiger partial charge in [-0.2, -0.15) is 0 Å². The first kappa shape index (κ1) is 22.9. The number of benzene rings is 2. The number of nitrogens with one attached hydrogen (secondary N) is 1. The second kappa shape index (κ2) is 9.79. The van der Waals surface area contributed by atoms with Crippen LogP contribution in [0, 0.1) is 5.92 Å². The van der Waals surface area contributed by atoms with Crippen molar-refractivity contribution in [1.82, 2.24) is 19.8 Å². The Labute approximate surface area is 205 Å². The molecule has 1 saturated carbocycles. The lowest BCUT2D eigenvalue weighted by Crippen LogP contribution is -2.49. The van der Waals surface area contributed by atoms with Gasteiger partial charge in [0.2, 0.25) is 5.91 Å². The third-order valence-electron chi connectivity index (χ3n) is 7.39. The van der Waals surface area contributed by atoms with Crippen LogP contribution in [0.4, 0.5) is 0 Å². The van der Waals surface area contributed by atoms with Crippen LogP contribution in [0.5, 0.6) is 0 Å². The molecule has 0 radical (unpaired) electrons. The van der Waals surface area contributed by atoms with Crippen molar-refractivity contribution in [3.05, 3.63) is 64.9 Å². The summed E-state index contributed by atoms with van der Waals surface area (Å²) in [5.41, 5.74) is 2.64. The Kier molecular flexibility index (Phi) is 6.59. The summed E-state index contributed by atoms with van der Waals surface area (Å²) >= 11 is 6.15. The number of halogens is 1. The first-order valence-electron chi connectivity index (χ1n) is 12.4. The van der Waals surface area contributed by atoms with Crippen LogP contribution < -0.4 is 5.32 Å². The molecule has 3 unspecified atom stereocenters. The summed E-state index contributed by atoms with van der Waals surface area (Å²) in [6, 6.07) is 14.8. The molecule has 7 heteroatoms. The topological polar surface area (TPSA) is 67.2 Å². The fourth-order valence-electron chi connectivity index (χ4n) is 5.84. The maximum absolute atomic E-state index is 13.5. The molecule has 1 saturated heterocycles. The largest absolute Gasteiger partial charge is 0.354 e. The molecular weight excluding hydrogens is 448 g/mol. The van der Waals surface area contributed by atoms with Crippen molar-refractivity contribution in [2.45, 2.75) is 64.1 Å². The third-order valence-corrected chi connectivity index (χ3v) is 7.63. The van der Waals surface area contributed by atoms with E-state index in [9.17, 15) is 9.59 Å². The smallest absolute Gasteiger partial charge is 0.254 e. The van der Waals surface area contributed by atoms with E-state index in [0.717, 1.165) is 49.1 Å². The number of fused-ring (bicyclic) bond motifs is 2. The Morgan fingerprint density at radius 2 is 1.94 bits per heavy atom. The molecule has 6 nitrogen and oxygen atoms in total. The number of carbonyl (C=O) groups excluding carboxylic acids is 2. The highest BCUT2D eigenvalue weighted by molar-refractivity contribution is 6.31. The van der Waals surface area contributed by atoms with E-state index in [1.165, 1.54) is 6.42 Å². The first-order valence-corrected chi connectivity index (χ1v) is 12.7. The van der Waals surface area contributed by atoms with Gasteiger partial charge in [0.1, 0.15) is 11.9 Å². The summed E-state index contributed by atoms with van der Waals surface area (Å²) < 4.78 is 2.20. The molecule has 1 aromatic heterocycles. The van der Waals surface area contributed by atoms with E-state index in [1.807, 2.05) is 23.1 Å². The molecule has 2 aromatic carbocycles. The van der Waals surface area contributed by atoms with Crippen LogP contribution in [0.15, 0.2) is 48.5 Å². The lowest BCUT2D eigenvalue weighted by molar-refractivity contribution is -0.125. The predicted molar refractivity (Wildman–Crippen MR) is 134 cm³/mol. The van der Waals surface area contributed by atoms with Crippen molar-refractivity contribution in [2.75, 3.05) is 6.54 Å². The Morgan fingerprint density at radius 1 is 1.12 bits per heavy atom. The van der Waals surface area contributed by atoms with Gasteiger partial charge in [-0.05, 0) is 62.4 Å². The van der Waals surface area contributed by atoms with Gasteiger partial charge in [-0.3, -0.25) is 9.59 Å². The van der Waals surface area contributed by atoms with Crippen LogP contribution in [0.2, 0.25) is 5.02 Å². The van der Waals surface area contributed by atoms with Gasteiger partial charge < -0.3 is 14.8 Å². The lowest BCUT2D eigenvalue weighted by atomic mass is 9.84. The van der Waals surface area contributed by atoms with Crippen molar-refractivity contribution in [3.63, 3.8) is 0 Å². The predicted octanol–water partition coefficient (Wildman–Crippen LogP) is 4.84. The Bertz CT molecular complexity index is 1210. The summed E-state index contributed by atoms with van der Waals surface area (Å²) in [4.78, 5) is 33.5. The molecule has 2 fully saturated rings. The zero-order chi connectivity index (χ0) is 23.7. The first-order chi connectivity index (χ1) is 16.6. The highest BCUT2D eigenvalue weighted by atomic mass is 35.5. The van der Waals surface area contributed by atoms with E-state index in [0.29, 0.717) is 29.5 Å². The number of hydrogen-bond donors (Lipinski definition) is 1. The molecular formula is C27H31ClN4O2. The molecule has 3 aromatic rings. The highest BCUT2D eigenvalue weighted by Gasteiger charge is 2.47. The van der Waals surface area contributed by atoms with Gasteiger partial charge in [-0.15, -0.1) is 0 Å². The Balaban J connectivity index is 1.31. The lowest BCUT2D eigenvalue weighted by Gasteiger charge is -2.33. The molecule has 3 atom stereocenters. The van der Waals surface area contributed by atoms with E-state index < -0.39 is 6.04 Å². The highest BCUT2D eigenvalue weighted by Crippen LogP contribution is 2.40. The number of amides is 2. The van der Waals surface area contributed by atoms with Gasteiger partial charge in [-0.1, -0.05) is 42.6 Å². The number of hydrogen-bond acceptors (Lipinski definition) is 3. The minimum absolute atomic E-state index is 0.0658. The van der Waals surface area contributed by atoms with Crippen LogP contribution in [-0.2, 0) is 17.8 Å². The van der Waals surface area contributed by atoms with Crippen molar-refractivity contribution >= 4 is 34.4 Å². The normalized spacial score (nSPS) is 22.1. The van der Waals surface area contributed by atoms with E-state index in [2.05, 4.69) is 22.9 Å². The SMILES string of the molecule is CCn1c(CCNC(=O)C2CC3CCCCC3N2C(=O)c2cccc(Cl)c2)nc2ccccc21. The summed E-state index contributed by atoms with van der Waals surface area (Å²) in [7, 11) is 0. The van der Waals surface area contributed by atoms with E-state index in [4.69, 9.17) is 16.6 Å². The standard InChI is InChI=1S/C27H31ClN4O2/c1-2-31-23-13-6-4-11-21(23)30-25(31)14-15-29-26(33)24-17-18-8-3-5-12-22(18)32(24)27(34)19-9-7-10-20(28)16-19/h4,6-7,9-11,13,16,18,22,24H,2-3,5,8,12,14-15,17H2,1H3,(H,29,33). The number of imidazole rings is 1. The number of rotatable bonds is 6. The summed E-state index contributed by atoms with van der Waals surface area (Å²) in [6.07, 6.45) is 5.69. The molecule has 0 bridgehead atoms. The van der Waals surface area contributed by atoms with Crippen LogP contribution in [0.3, 0.4) is 0 Å². The molecule has 178 valence electrons. The quantitative estimate of drug-likeness (QED) is 0.551. The summed E-state index contributed by atoms with van der Waals surface area (Å²) in [5.74, 6) is 1.20. The molecule has 1 aliphatic heterocycles. The van der Waals surface area contributed by atoms with E-state index >= 15 is 0 Å². The molecule has 2 amide bonds. The molecule has 1 N–H and O–H groups in total. The van der Waals surface area contributed by atoms with Gasteiger partial charge in [0.25, 0.3) is 5.91 Å². The third kappa shape index (κ3) is 4.31. The van der Waals surface area contributed by atoms with Gasteiger partial charge in [-0.25, -0.2) is 4.98 Å². The average molecular weight is 479 g/mol. The van der Waals surface area contributed by atoms with Crippen molar-refractivity contribution < 1.29 is 9.59 Å². The van der Waals surface area contributed by atoms with Gasteiger partial charge in [0, 0.05) is 36.1 Å². The van der Waals surface area contributed by atoms with Gasteiger partial charge in [0.15, 0.2) is 0 Å². The molecule has 1 aliphatic carbocycles. The number of aromatic nitrogens is 2. The van der Waals surface area contributed by atoms with Crippen LogP contribution >= 0.6 is 11.6 Å². The Hall–Kier alpha value is -2.86. The molecule has 2 heterocycles. The number of likely N-dealkylation sites (tertiary alicyclic amines) is 1. The summed E-state index contributed by atoms with van der Waals surface area (Å²) in [5, 5.41) is 3.65. The minimum Gasteiger partial charge on any atom is -0.354 e. The van der Waals surface area contributed by atoms with Crippen molar-refractivity contribution in [2.24, 2.45) is 5.92 Å². The van der Waals surface area contributed by atoms with Crippen molar-refractivity contribution in [1.29, 1.82) is 0 Å². The summed E-state index contributed by atoms with van der Waals surface area (Å²) in [6.45, 7) is 3.43. The van der Waals surface area contributed by atoms with E-state index in [-0.39, 0.29) is 17.9 Å². The second-order valence-electron chi connectivity index (χ2n) is 9.39. The zero-order valence-electron chi connectivity index (χ0n) is 19.5. The average Bonchev–Trinajstić information content (AvgIpc) is 3.41.